The number of hydrogen-bond acceptors (Lipinski definition) is 3. The van der Waals surface area contributed by atoms with Crippen molar-refractivity contribution in [1.82, 2.24) is 10.2 Å². The van der Waals surface area contributed by atoms with Crippen LogP contribution in [-0.2, 0) is 0 Å². The van der Waals surface area contributed by atoms with Crippen molar-refractivity contribution in [3.8, 4) is 0 Å². The molecule has 0 bridgehead atoms. The van der Waals surface area contributed by atoms with Crippen LogP contribution in [0.1, 0.15) is 41.8 Å². The molecule has 1 amide bonds. The minimum Gasteiger partial charge on any atom is -0.459 e. The maximum Gasteiger partial charge on any atom is 0.290 e. The highest BCUT2D eigenvalue weighted by Crippen LogP contribution is 2.29. The summed E-state index contributed by atoms with van der Waals surface area (Å²) in [6.45, 7) is 3.83. The predicted molar refractivity (Wildman–Crippen MR) is 68.5 cm³/mol. The smallest absolute Gasteiger partial charge is 0.290 e. The normalized spacial score (nSPS) is 23.3. The Balaban J connectivity index is 1.73. The van der Waals surface area contributed by atoms with Crippen LogP contribution < -0.4 is 5.32 Å². The summed E-state index contributed by atoms with van der Waals surface area (Å²) in [6, 6.07) is 2.75. The van der Waals surface area contributed by atoms with Gasteiger partial charge in [0.2, 0.25) is 0 Å². The second-order valence-electron chi connectivity index (χ2n) is 5.41. The van der Waals surface area contributed by atoms with Crippen molar-refractivity contribution in [2.45, 2.75) is 44.7 Å². The van der Waals surface area contributed by atoms with E-state index in [1.54, 1.807) is 6.26 Å². The average molecular weight is 248 g/mol. The predicted octanol–water partition coefficient (Wildman–Crippen LogP) is 1.94. The molecule has 0 spiro atoms. The van der Waals surface area contributed by atoms with Gasteiger partial charge in [-0.3, -0.25) is 4.79 Å². The molecule has 1 aliphatic heterocycles. The Morgan fingerprint density at radius 1 is 1.50 bits per heavy atom. The summed E-state index contributed by atoms with van der Waals surface area (Å²) >= 11 is 0. The Morgan fingerprint density at radius 3 is 2.89 bits per heavy atom. The minimum atomic E-state index is 0.0636. The summed E-state index contributed by atoms with van der Waals surface area (Å²) in [6.07, 6.45) is 6.27. The van der Waals surface area contributed by atoms with E-state index in [4.69, 9.17) is 4.42 Å². The molecule has 4 nitrogen and oxygen atoms in total. The van der Waals surface area contributed by atoms with Crippen LogP contribution in [0.25, 0.3) is 0 Å². The number of amides is 1. The first-order valence-electron chi connectivity index (χ1n) is 6.84. The molecule has 1 N–H and O–H groups in total. The summed E-state index contributed by atoms with van der Waals surface area (Å²) < 4.78 is 5.34. The van der Waals surface area contributed by atoms with Crippen molar-refractivity contribution in [1.29, 1.82) is 0 Å². The van der Waals surface area contributed by atoms with E-state index in [0.717, 1.165) is 31.5 Å². The van der Waals surface area contributed by atoms with Crippen LogP contribution in [0.15, 0.2) is 16.7 Å². The first-order valence-corrected chi connectivity index (χ1v) is 6.84. The van der Waals surface area contributed by atoms with Gasteiger partial charge in [-0.05, 0) is 45.2 Å². The van der Waals surface area contributed by atoms with E-state index in [2.05, 4.69) is 5.32 Å². The average Bonchev–Trinajstić information content (AvgIpc) is 2.89. The van der Waals surface area contributed by atoms with Gasteiger partial charge in [0.1, 0.15) is 0 Å². The van der Waals surface area contributed by atoms with Gasteiger partial charge in [0.25, 0.3) is 5.91 Å². The Morgan fingerprint density at radius 2 is 2.33 bits per heavy atom. The third-order valence-corrected chi connectivity index (χ3v) is 3.88. The Labute approximate surface area is 107 Å². The topological polar surface area (TPSA) is 45.5 Å². The van der Waals surface area contributed by atoms with E-state index in [0.29, 0.717) is 17.8 Å². The van der Waals surface area contributed by atoms with Gasteiger partial charge in [0, 0.05) is 24.2 Å². The number of furan rings is 1. The summed E-state index contributed by atoms with van der Waals surface area (Å²) in [5, 5.41) is 3.46. The highest BCUT2D eigenvalue weighted by molar-refractivity contribution is 5.93. The molecule has 0 radical (unpaired) electrons. The van der Waals surface area contributed by atoms with Crippen LogP contribution in [0, 0.1) is 6.92 Å². The van der Waals surface area contributed by atoms with Crippen molar-refractivity contribution in [3.63, 3.8) is 0 Å². The van der Waals surface area contributed by atoms with Crippen molar-refractivity contribution < 1.29 is 9.21 Å². The molecular formula is C14H20N2O2. The fraction of sp³-hybridized carbons (Fsp3) is 0.643. The third-order valence-electron chi connectivity index (χ3n) is 3.88. The highest BCUT2D eigenvalue weighted by atomic mass is 16.3. The molecule has 1 saturated carbocycles. The molecule has 2 fully saturated rings. The minimum absolute atomic E-state index is 0.0636. The molecule has 0 aromatic carbocycles. The maximum absolute atomic E-state index is 12.5. The molecule has 3 rings (SSSR count). The Kier molecular flexibility index (Phi) is 3.12. The molecule has 1 atom stereocenters. The number of aryl methyl sites for hydroxylation is 1. The number of rotatable bonds is 4. The largest absolute Gasteiger partial charge is 0.459 e. The number of nitrogens with zero attached hydrogens (tertiary/aromatic N) is 1. The van der Waals surface area contributed by atoms with E-state index in [9.17, 15) is 4.79 Å². The lowest BCUT2D eigenvalue weighted by molar-refractivity contribution is 0.0695. The number of carbonyl (C=O) groups excluding carboxylic acids is 1. The summed E-state index contributed by atoms with van der Waals surface area (Å²) in [5.41, 5.74) is 0.935. The lowest BCUT2D eigenvalue weighted by Gasteiger charge is -2.25. The number of nitrogens with one attached hydrogen (secondary N) is 1. The van der Waals surface area contributed by atoms with Crippen molar-refractivity contribution in [3.05, 3.63) is 23.7 Å². The van der Waals surface area contributed by atoms with Gasteiger partial charge < -0.3 is 14.6 Å². The van der Waals surface area contributed by atoms with E-state index in [1.165, 1.54) is 12.8 Å². The molecule has 1 aromatic heterocycles. The summed E-state index contributed by atoms with van der Waals surface area (Å²) in [4.78, 5) is 14.5. The first kappa shape index (κ1) is 11.8. The molecule has 98 valence electrons. The Bertz CT molecular complexity index is 431. The van der Waals surface area contributed by atoms with Crippen LogP contribution in [0.4, 0.5) is 0 Å². The molecular weight excluding hydrogens is 228 g/mol. The van der Waals surface area contributed by atoms with Gasteiger partial charge in [0.15, 0.2) is 5.76 Å². The van der Waals surface area contributed by atoms with E-state index < -0.39 is 0 Å². The SMILES string of the molecule is Cc1ccoc1C(=O)N(CC1CCCN1)C1CC1. The summed E-state index contributed by atoms with van der Waals surface area (Å²) in [5.74, 6) is 0.577. The van der Waals surface area contributed by atoms with Gasteiger partial charge >= 0.3 is 0 Å². The Hall–Kier alpha value is -1.29. The van der Waals surface area contributed by atoms with Crippen molar-refractivity contribution in [2.24, 2.45) is 0 Å². The molecule has 1 unspecified atom stereocenters. The monoisotopic (exact) mass is 248 g/mol. The molecule has 4 heteroatoms. The molecule has 2 aliphatic rings. The fourth-order valence-corrected chi connectivity index (χ4v) is 2.66. The third kappa shape index (κ3) is 2.29. The van der Waals surface area contributed by atoms with Crippen LogP contribution >= 0.6 is 0 Å². The lowest BCUT2D eigenvalue weighted by atomic mass is 10.2. The van der Waals surface area contributed by atoms with E-state index in [1.807, 2.05) is 17.9 Å². The van der Waals surface area contributed by atoms with Gasteiger partial charge in [-0.2, -0.15) is 0 Å². The van der Waals surface area contributed by atoms with Gasteiger partial charge in [-0.25, -0.2) is 0 Å². The van der Waals surface area contributed by atoms with Crippen molar-refractivity contribution >= 4 is 5.91 Å². The zero-order chi connectivity index (χ0) is 12.5. The number of hydrogen-bond donors (Lipinski definition) is 1. The van der Waals surface area contributed by atoms with Gasteiger partial charge in [-0.15, -0.1) is 0 Å². The quantitative estimate of drug-likeness (QED) is 0.885. The van der Waals surface area contributed by atoms with Gasteiger partial charge in [-0.1, -0.05) is 0 Å². The van der Waals surface area contributed by atoms with Crippen LogP contribution in [-0.4, -0.2) is 36.0 Å². The van der Waals surface area contributed by atoms with E-state index >= 15 is 0 Å². The second-order valence-corrected chi connectivity index (χ2v) is 5.41. The summed E-state index contributed by atoms with van der Waals surface area (Å²) in [7, 11) is 0. The van der Waals surface area contributed by atoms with E-state index in [-0.39, 0.29) is 5.91 Å². The zero-order valence-electron chi connectivity index (χ0n) is 10.8. The van der Waals surface area contributed by atoms with Crippen molar-refractivity contribution in [2.75, 3.05) is 13.1 Å². The first-order chi connectivity index (χ1) is 8.75. The van der Waals surface area contributed by atoms with Crippen LogP contribution in [0.2, 0.25) is 0 Å². The van der Waals surface area contributed by atoms with Gasteiger partial charge in [0.05, 0.1) is 6.26 Å². The molecule has 1 saturated heterocycles. The van der Waals surface area contributed by atoms with Crippen LogP contribution in [0.3, 0.4) is 0 Å². The molecule has 2 heterocycles. The number of carbonyl (C=O) groups is 1. The lowest BCUT2D eigenvalue weighted by Crippen LogP contribution is -2.42. The van der Waals surface area contributed by atoms with Crippen LogP contribution in [0.5, 0.6) is 0 Å². The standard InChI is InChI=1S/C14H20N2O2/c1-10-6-8-18-13(10)14(17)16(12-4-5-12)9-11-3-2-7-15-11/h6,8,11-12,15H,2-5,7,9H2,1H3. The second kappa shape index (κ2) is 4.76. The highest BCUT2D eigenvalue weighted by Gasteiger charge is 2.36. The fourth-order valence-electron chi connectivity index (χ4n) is 2.66. The zero-order valence-corrected chi connectivity index (χ0v) is 10.8. The molecule has 18 heavy (non-hydrogen) atoms. The maximum atomic E-state index is 12.5. The molecule has 1 aromatic rings. The molecule has 1 aliphatic carbocycles.